The van der Waals surface area contributed by atoms with Crippen LogP contribution < -0.4 is 0 Å². The Kier molecular flexibility index (Phi) is 1.60. The summed E-state index contributed by atoms with van der Waals surface area (Å²) in [6.45, 7) is 6.11. The zero-order valence-corrected chi connectivity index (χ0v) is 5.63. The molecular formula is C7H12O2. The molecule has 1 aliphatic rings. The molecule has 0 saturated carbocycles. The molecule has 0 aromatic rings. The van der Waals surface area contributed by atoms with Crippen LogP contribution in [-0.4, -0.2) is 23.4 Å². The van der Waals surface area contributed by atoms with Crippen LogP contribution in [-0.2, 0) is 4.74 Å². The maximum atomic E-state index is 9.25. The molecule has 1 N–H and O–H groups in total. The van der Waals surface area contributed by atoms with E-state index in [0.717, 1.165) is 0 Å². The van der Waals surface area contributed by atoms with Crippen LogP contribution >= 0.6 is 0 Å². The zero-order valence-electron chi connectivity index (χ0n) is 5.63. The number of hydrogen-bond acceptors (Lipinski definition) is 2. The number of aliphatic hydroxyl groups excluding tert-OH is 1. The lowest BCUT2D eigenvalue weighted by molar-refractivity contribution is 0.0874. The maximum Gasteiger partial charge on any atom is 0.115 e. The Labute approximate surface area is 55.1 Å². The van der Waals surface area contributed by atoms with E-state index in [2.05, 4.69) is 6.58 Å². The van der Waals surface area contributed by atoms with Crippen molar-refractivity contribution in [2.45, 2.75) is 25.0 Å². The van der Waals surface area contributed by atoms with E-state index in [0.29, 0.717) is 13.0 Å². The average Bonchev–Trinajstić information content (AvgIpc) is 2.50. The predicted molar refractivity (Wildman–Crippen MR) is 35.2 cm³/mol. The predicted octanol–water partition coefficient (Wildman–Crippen LogP) is 0.712. The number of rotatable bonds is 3. The van der Waals surface area contributed by atoms with Gasteiger partial charge < -0.3 is 9.84 Å². The number of epoxide rings is 1. The summed E-state index contributed by atoms with van der Waals surface area (Å²) in [7, 11) is 0. The Hall–Kier alpha value is -0.340. The molecule has 0 spiro atoms. The molecule has 0 amide bonds. The van der Waals surface area contributed by atoms with Crippen molar-refractivity contribution in [3.8, 4) is 0 Å². The fourth-order valence-electron chi connectivity index (χ4n) is 0.713. The van der Waals surface area contributed by atoms with Gasteiger partial charge in [0.25, 0.3) is 0 Å². The highest BCUT2D eigenvalue weighted by Gasteiger charge is 2.45. The summed E-state index contributed by atoms with van der Waals surface area (Å²) in [4.78, 5) is 0. The minimum absolute atomic E-state index is 0.256. The first-order valence-electron chi connectivity index (χ1n) is 3.12. The molecule has 0 aliphatic carbocycles. The summed E-state index contributed by atoms with van der Waals surface area (Å²) < 4.78 is 5.01. The molecule has 0 bridgehead atoms. The van der Waals surface area contributed by atoms with Crippen LogP contribution in [0.25, 0.3) is 0 Å². The van der Waals surface area contributed by atoms with Crippen molar-refractivity contribution in [2.24, 2.45) is 0 Å². The third-order valence-corrected chi connectivity index (χ3v) is 1.69. The first-order chi connectivity index (χ1) is 4.19. The molecule has 0 aromatic carbocycles. The van der Waals surface area contributed by atoms with Crippen molar-refractivity contribution < 1.29 is 9.84 Å². The highest BCUT2D eigenvalue weighted by Crippen LogP contribution is 2.31. The van der Waals surface area contributed by atoms with Crippen molar-refractivity contribution in [3.05, 3.63) is 12.7 Å². The number of ether oxygens (including phenoxy) is 1. The third-order valence-electron chi connectivity index (χ3n) is 1.69. The topological polar surface area (TPSA) is 32.8 Å². The molecule has 0 aromatic heterocycles. The van der Waals surface area contributed by atoms with Gasteiger partial charge in [-0.15, -0.1) is 6.58 Å². The van der Waals surface area contributed by atoms with E-state index in [1.54, 1.807) is 6.08 Å². The van der Waals surface area contributed by atoms with Crippen molar-refractivity contribution >= 4 is 0 Å². The first kappa shape index (κ1) is 6.78. The molecule has 9 heavy (non-hydrogen) atoms. The van der Waals surface area contributed by atoms with Gasteiger partial charge in [-0.3, -0.25) is 0 Å². The SMILES string of the molecule is C=CC[C@H](O)[C@@]1(C)CO1. The van der Waals surface area contributed by atoms with Crippen molar-refractivity contribution in [1.82, 2.24) is 0 Å². The van der Waals surface area contributed by atoms with Crippen molar-refractivity contribution in [3.63, 3.8) is 0 Å². The van der Waals surface area contributed by atoms with Crippen LogP contribution in [0.5, 0.6) is 0 Å². The van der Waals surface area contributed by atoms with E-state index < -0.39 is 0 Å². The molecule has 1 aliphatic heterocycles. The average molecular weight is 128 g/mol. The maximum absolute atomic E-state index is 9.25. The fraction of sp³-hybridized carbons (Fsp3) is 0.714. The summed E-state index contributed by atoms with van der Waals surface area (Å²) in [6.07, 6.45) is 1.96. The van der Waals surface area contributed by atoms with Crippen molar-refractivity contribution in [2.75, 3.05) is 6.61 Å². The molecule has 0 unspecified atom stereocenters. The van der Waals surface area contributed by atoms with Crippen molar-refractivity contribution in [1.29, 1.82) is 0 Å². The Morgan fingerprint density at radius 1 is 2.00 bits per heavy atom. The van der Waals surface area contributed by atoms with Gasteiger partial charge in [0.1, 0.15) is 5.60 Å². The fourth-order valence-corrected chi connectivity index (χ4v) is 0.713. The number of aliphatic hydroxyl groups is 1. The van der Waals surface area contributed by atoms with E-state index in [1.165, 1.54) is 0 Å². The first-order valence-corrected chi connectivity index (χ1v) is 3.12. The summed E-state index contributed by atoms with van der Waals surface area (Å²) in [5.41, 5.74) is -0.256. The Morgan fingerprint density at radius 2 is 2.56 bits per heavy atom. The standard InChI is InChI=1S/C7H12O2/c1-3-4-6(8)7(2)5-9-7/h3,6,8H,1,4-5H2,2H3/t6-,7+/m0/s1. The Bertz CT molecular complexity index is 116. The van der Waals surface area contributed by atoms with Gasteiger partial charge in [0, 0.05) is 0 Å². The Morgan fingerprint density at radius 3 is 2.89 bits per heavy atom. The van der Waals surface area contributed by atoms with Crippen LogP contribution in [0.3, 0.4) is 0 Å². The van der Waals surface area contributed by atoms with Gasteiger partial charge in [-0.05, 0) is 13.3 Å². The lowest BCUT2D eigenvalue weighted by Crippen LogP contribution is -2.25. The molecule has 2 nitrogen and oxygen atoms in total. The summed E-state index contributed by atoms with van der Waals surface area (Å²) >= 11 is 0. The van der Waals surface area contributed by atoms with E-state index in [4.69, 9.17) is 4.74 Å². The highest BCUT2D eigenvalue weighted by molar-refractivity contribution is 4.96. The molecule has 0 radical (unpaired) electrons. The second-order valence-electron chi connectivity index (χ2n) is 2.64. The second-order valence-corrected chi connectivity index (χ2v) is 2.64. The lowest BCUT2D eigenvalue weighted by atomic mass is 10.0. The van der Waals surface area contributed by atoms with E-state index in [1.807, 2.05) is 6.92 Å². The number of hydrogen-bond donors (Lipinski definition) is 1. The molecular weight excluding hydrogens is 116 g/mol. The van der Waals surface area contributed by atoms with E-state index in [-0.39, 0.29) is 11.7 Å². The van der Waals surface area contributed by atoms with E-state index in [9.17, 15) is 5.11 Å². The van der Waals surface area contributed by atoms with E-state index >= 15 is 0 Å². The molecule has 2 atom stereocenters. The van der Waals surface area contributed by atoms with Gasteiger partial charge in [0.2, 0.25) is 0 Å². The van der Waals surface area contributed by atoms with Gasteiger partial charge in [0.05, 0.1) is 12.7 Å². The summed E-state index contributed by atoms with van der Waals surface area (Å²) in [6, 6.07) is 0. The van der Waals surface area contributed by atoms with Crippen LogP contribution in [0.1, 0.15) is 13.3 Å². The third kappa shape index (κ3) is 1.32. The van der Waals surface area contributed by atoms with Gasteiger partial charge in [0.15, 0.2) is 0 Å². The largest absolute Gasteiger partial charge is 0.390 e. The van der Waals surface area contributed by atoms with Gasteiger partial charge in [-0.1, -0.05) is 6.08 Å². The highest BCUT2D eigenvalue weighted by atomic mass is 16.6. The quantitative estimate of drug-likeness (QED) is 0.448. The van der Waals surface area contributed by atoms with Crippen LogP contribution in [0.4, 0.5) is 0 Å². The molecule has 1 saturated heterocycles. The minimum Gasteiger partial charge on any atom is -0.390 e. The van der Waals surface area contributed by atoms with Crippen LogP contribution in [0.15, 0.2) is 12.7 Å². The molecule has 2 heteroatoms. The molecule has 1 fully saturated rings. The van der Waals surface area contributed by atoms with Gasteiger partial charge >= 0.3 is 0 Å². The molecule has 1 rings (SSSR count). The van der Waals surface area contributed by atoms with Gasteiger partial charge in [-0.25, -0.2) is 0 Å². The summed E-state index contributed by atoms with van der Waals surface area (Å²) in [5.74, 6) is 0. The van der Waals surface area contributed by atoms with Crippen LogP contribution in [0.2, 0.25) is 0 Å². The smallest absolute Gasteiger partial charge is 0.115 e. The summed E-state index contributed by atoms with van der Waals surface area (Å²) in [5, 5.41) is 9.25. The molecule has 1 heterocycles. The van der Waals surface area contributed by atoms with Crippen LogP contribution in [0, 0.1) is 0 Å². The molecule has 52 valence electrons. The zero-order chi connectivity index (χ0) is 6.91. The van der Waals surface area contributed by atoms with Gasteiger partial charge in [-0.2, -0.15) is 0 Å². The lowest BCUT2D eigenvalue weighted by Gasteiger charge is -2.10. The Balaban J connectivity index is 2.32. The normalized spacial score (nSPS) is 35.8. The minimum atomic E-state index is -0.366. The second kappa shape index (κ2) is 2.12. The monoisotopic (exact) mass is 128 g/mol.